The number of hydrogen-bond donors (Lipinski definition) is 1. The quantitative estimate of drug-likeness (QED) is 0.753. The van der Waals surface area contributed by atoms with Gasteiger partial charge in [-0.2, -0.15) is 0 Å². The average molecular weight is 201 g/mol. The first kappa shape index (κ1) is 10.4. The largest absolute Gasteiger partial charge is 0.381 e. The minimum Gasteiger partial charge on any atom is -0.381 e. The van der Waals surface area contributed by atoms with Crippen molar-refractivity contribution in [2.75, 3.05) is 13.2 Å². The molecule has 2 fully saturated rings. The summed E-state index contributed by atoms with van der Waals surface area (Å²) in [7, 11) is 0. The fraction of sp³-hybridized carbons (Fsp3) is 1.00. The fourth-order valence-corrected chi connectivity index (χ4v) is 2.52. The molecule has 0 aromatic carbocycles. The zero-order valence-electron chi connectivity index (χ0n) is 8.84. The summed E-state index contributed by atoms with van der Waals surface area (Å²) >= 11 is 0. The van der Waals surface area contributed by atoms with Crippen molar-refractivity contribution in [3.63, 3.8) is 0 Å². The molecule has 2 aliphatic rings. The second-order valence-corrected chi connectivity index (χ2v) is 4.63. The van der Waals surface area contributed by atoms with E-state index in [1.54, 1.807) is 0 Å². The van der Waals surface area contributed by atoms with E-state index in [1.165, 1.54) is 0 Å². The van der Waals surface area contributed by atoms with Gasteiger partial charge in [0, 0.05) is 18.7 Å². The minimum atomic E-state index is -0.625. The molecular formula is C11H20FNO. The van der Waals surface area contributed by atoms with Crippen LogP contribution < -0.4 is 5.32 Å². The molecule has 0 radical (unpaired) electrons. The Morgan fingerprint density at radius 2 is 2.21 bits per heavy atom. The van der Waals surface area contributed by atoms with Gasteiger partial charge in [-0.15, -0.1) is 0 Å². The summed E-state index contributed by atoms with van der Waals surface area (Å²) in [5.41, 5.74) is 0. The molecule has 4 atom stereocenters. The highest BCUT2D eigenvalue weighted by molar-refractivity contribution is 4.87. The van der Waals surface area contributed by atoms with E-state index >= 15 is 0 Å². The van der Waals surface area contributed by atoms with Crippen molar-refractivity contribution >= 4 is 0 Å². The zero-order valence-corrected chi connectivity index (χ0v) is 8.84. The second kappa shape index (κ2) is 4.58. The number of hydrogen-bond acceptors (Lipinski definition) is 2. The van der Waals surface area contributed by atoms with Crippen LogP contribution in [0.25, 0.3) is 0 Å². The SMILES string of the molecule is CC(N[C@H]1CCC[C@H]1F)C1CCOC1. The van der Waals surface area contributed by atoms with Crippen molar-refractivity contribution in [3.05, 3.63) is 0 Å². The molecule has 1 aliphatic carbocycles. The lowest BCUT2D eigenvalue weighted by molar-refractivity contribution is 0.172. The monoisotopic (exact) mass is 201 g/mol. The van der Waals surface area contributed by atoms with E-state index in [0.29, 0.717) is 12.0 Å². The maximum Gasteiger partial charge on any atom is 0.115 e. The number of ether oxygens (including phenoxy) is 1. The lowest BCUT2D eigenvalue weighted by Gasteiger charge is -2.24. The van der Waals surface area contributed by atoms with Gasteiger partial charge in [-0.1, -0.05) is 0 Å². The van der Waals surface area contributed by atoms with Crippen molar-refractivity contribution in [1.82, 2.24) is 5.32 Å². The third kappa shape index (κ3) is 2.26. The molecule has 1 saturated heterocycles. The molecule has 1 aliphatic heterocycles. The average Bonchev–Trinajstić information content (AvgIpc) is 2.77. The van der Waals surface area contributed by atoms with Crippen LogP contribution in [0.5, 0.6) is 0 Å². The van der Waals surface area contributed by atoms with Gasteiger partial charge in [-0.3, -0.25) is 0 Å². The third-order valence-electron chi connectivity index (χ3n) is 3.58. The van der Waals surface area contributed by atoms with Crippen molar-refractivity contribution in [1.29, 1.82) is 0 Å². The summed E-state index contributed by atoms with van der Waals surface area (Å²) in [5, 5.41) is 3.42. The van der Waals surface area contributed by atoms with Crippen molar-refractivity contribution in [2.24, 2.45) is 5.92 Å². The molecule has 14 heavy (non-hydrogen) atoms. The van der Waals surface area contributed by atoms with Crippen LogP contribution in [0.4, 0.5) is 4.39 Å². The highest BCUT2D eigenvalue weighted by atomic mass is 19.1. The maximum absolute atomic E-state index is 13.3. The Morgan fingerprint density at radius 3 is 2.79 bits per heavy atom. The molecule has 2 unspecified atom stereocenters. The third-order valence-corrected chi connectivity index (χ3v) is 3.58. The molecule has 0 spiro atoms. The van der Waals surface area contributed by atoms with Crippen LogP contribution in [0.1, 0.15) is 32.6 Å². The molecular weight excluding hydrogens is 181 g/mol. The second-order valence-electron chi connectivity index (χ2n) is 4.63. The minimum absolute atomic E-state index is 0.102. The summed E-state index contributed by atoms with van der Waals surface area (Å²) in [4.78, 5) is 0. The Balaban J connectivity index is 1.78. The molecule has 2 rings (SSSR count). The van der Waals surface area contributed by atoms with Crippen LogP contribution >= 0.6 is 0 Å². The molecule has 1 heterocycles. The number of rotatable bonds is 3. The Bertz CT molecular complexity index is 182. The van der Waals surface area contributed by atoms with Crippen LogP contribution in [0.3, 0.4) is 0 Å². The molecule has 0 aromatic heterocycles. The van der Waals surface area contributed by atoms with Gasteiger partial charge < -0.3 is 10.1 Å². The van der Waals surface area contributed by atoms with Gasteiger partial charge in [0.1, 0.15) is 6.17 Å². The number of alkyl halides is 1. The van der Waals surface area contributed by atoms with E-state index in [1.807, 2.05) is 0 Å². The summed E-state index contributed by atoms with van der Waals surface area (Å²) in [6, 6.07) is 0.504. The van der Waals surface area contributed by atoms with Gasteiger partial charge in [-0.05, 0) is 38.5 Å². The molecule has 3 heteroatoms. The highest BCUT2D eigenvalue weighted by Crippen LogP contribution is 2.24. The van der Waals surface area contributed by atoms with Crippen LogP contribution in [-0.2, 0) is 4.74 Å². The van der Waals surface area contributed by atoms with Gasteiger partial charge in [0.2, 0.25) is 0 Å². The molecule has 0 amide bonds. The summed E-state index contributed by atoms with van der Waals surface area (Å²) in [6.45, 7) is 3.88. The van der Waals surface area contributed by atoms with E-state index in [-0.39, 0.29) is 6.04 Å². The molecule has 2 nitrogen and oxygen atoms in total. The van der Waals surface area contributed by atoms with E-state index in [4.69, 9.17) is 4.74 Å². The van der Waals surface area contributed by atoms with E-state index in [2.05, 4.69) is 12.2 Å². The van der Waals surface area contributed by atoms with E-state index in [0.717, 1.165) is 38.9 Å². The predicted molar refractivity (Wildman–Crippen MR) is 54.1 cm³/mol. The maximum atomic E-state index is 13.3. The topological polar surface area (TPSA) is 21.3 Å². The van der Waals surface area contributed by atoms with Gasteiger partial charge in [0.15, 0.2) is 0 Å². The Morgan fingerprint density at radius 1 is 1.36 bits per heavy atom. The molecule has 0 bridgehead atoms. The first-order valence-electron chi connectivity index (χ1n) is 5.75. The van der Waals surface area contributed by atoms with Crippen LogP contribution in [0, 0.1) is 5.92 Å². The number of halogens is 1. The van der Waals surface area contributed by atoms with Crippen molar-refractivity contribution < 1.29 is 9.13 Å². The van der Waals surface area contributed by atoms with Crippen LogP contribution in [0.2, 0.25) is 0 Å². The molecule has 1 saturated carbocycles. The predicted octanol–water partition coefficient (Wildman–Crippen LogP) is 1.89. The smallest absolute Gasteiger partial charge is 0.115 e. The lowest BCUT2D eigenvalue weighted by Crippen LogP contribution is -2.43. The summed E-state index contributed by atoms with van der Waals surface area (Å²) in [5.74, 6) is 0.586. The highest BCUT2D eigenvalue weighted by Gasteiger charge is 2.30. The molecule has 1 N–H and O–H groups in total. The van der Waals surface area contributed by atoms with Gasteiger partial charge in [-0.25, -0.2) is 4.39 Å². The zero-order chi connectivity index (χ0) is 9.97. The fourth-order valence-electron chi connectivity index (χ4n) is 2.52. The van der Waals surface area contributed by atoms with E-state index in [9.17, 15) is 4.39 Å². The van der Waals surface area contributed by atoms with Gasteiger partial charge in [0.05, 0.1) is 6.61 Å². The van der Waals surface area contributed by atoms with Gasteiger partial charge >= 0.3 is 0 Å². The summed E-state index contributed by atoms with van der Waals surface area (Å²) < 4.78 is 18.7. The van der Waals surface area contributed by atoms with Gasteiger partial charge in [0.25, 0.3) is 0 Å². The molecule has 82 valence electrons. The van der Waals surface area contributed by atoms with Crippen molar-refractivity contribution in [2.45, 2.75) is 50.9 Å². The van der Waals surface area contributed by atoms with E-state index < -0.39 is 6.17 Å². The van der Waals surface area contributed by atoms with Crippen molar-refractivity contribution in [3.8, 4) is 0 Å². The number of nitrogens with one attached hydrogen (secondary N) is 1. The lowest BCUT2D eigenvalue weighted by atomic mass is 9.99. The van der Waals surface area contributed by atoms with Crippen LogP contribution in [0.15, 0.2) is 0 Å². The molecule has 0 aromatic rings. The summed E-state index contributed by atoms with van der Waals surface area (Å²) in [6.07, 6.45) is 3.27. The normalized spacial score (nSPS) is 40.3. The first-order chi connectivity index (χ1) is 6.77. The Hall–Kier alpha value is -0.150. The Kier molecular flexibility index (Phi) is 3.39. The van der Waals surface area contributed by atoms with Crippen LogP contribution in [-0.4, -0.2) is 31.5 Å². The first-order valence-corrected chi connectivity index (χ1v) is 5.75. The Labute approximate surface area is 85.2 Å². The standard InChI is InChI=1S/C11H20FNO/c1-8(9-5-6-14-7-9)13-11-4-2-3-10(11)12/h8-11,13H,2-7H2,1H3/t8?,9?,10-,11+/m1/s1.